The van der Waals surface area contributed by atoms with Gasteiger partial charge in [0.15, 0.2) is 5.16 Å². The first-order valence-electron chi connectivity index (χ1n) is 10.4. The Labute approximate surface area is 196 Å². The molecule has 33 heavy (non-hydrogen) atoms. The second kappa shape index (κ2) is 9.34. The van der Waals surface area contributed by atoms with Crippen LogP contribution in [0.5, 0.6) is 0 Å². The van der Waals surface area contributed by atoms with Gasteiger partial charge in [0.1, 0.15) is 4.83 Å². The minimum absolute atomic E-state index is 0.169. The van der Waals surface area contributed by atoms with Gasteiger partial charge in [0.25, 0.3) is 5.56 Å². The molecule has 5 nitrogen and oxygen atoms in total. The van der Waals surface area contributed by atoms with Crippen LogP contribution in [0.15, 0.2) is 46.9 Å². The SMILES string of the molecule is C=CCn1c(SCC(=O)Nc2ccccc2C(F)(F)F)nc2sc3c(c2c1=O)CCC(C)C3. The quantitative estimate of drug-likeness (QED) is 0.279. The summed E-state index contributed by atoms with van der Waals surface area (Å²) < 4.78 is 41.0. The first-order valence-corrected chi connectivity index (χ1v) is 12.2. The summed E-state index contributed by atoms with van der Waals surface area (Å²) in [6, 6.07) is 4.82. The average Bonchev–Trinajstić information content (AvgIpc) is 3.11. The number of rotatable bonds is 6. The number of anilines is 1. The summed E-state index contributed by atoms with van der Waals surface area (Å²) in [6.07, 6.45) is -0.213. The maximum Gasteiger partial charge on any atom is 0.418 e. The Hall–Kier alpha value is -2.59. The highest BCUT2D eigenvalue weighted by Crippen LogP contribution is 2.37. The fourth-order valence-electron chi connectivity index (χ4n) is 3.96. The van der Waals surface area contributed by atoms with E-state index in [1.54, 1.807) is 6.08 Å². The summed E-state index contributed by atoms with van der Waals surface area (Å²) in [4.78, 5) is 32.2. The predicted octanol–water partition coefficient (Wildman–Crippen LogP) is 5.52. The normalized spacial score (nSPS) is 15.9. The number of halogens is 3. The number of allylic oxidation sites excluding steroid dienone is 1. The Balaban J connectivity index is 1.60. The van der Waals surface area contributed by atoms with Gasteiger partial charge in [-0.05, 0) is 42.9 Å². The molecule has 2 aromatic heterocycles. The highest BCUT2D eigenvalue weighted by atomic mass is 32.2. The predicted molar refractivity (Wildman–Crippen MR) is 126 cm³/mol. The molecule has 0 aliphatic heterocycles. The molecule has 1 atom stereocenters. The minimum Gasteiger partial charge on any atom is -0.325 e. The molecule has 3 aromatic rings. The third kappa shape index (κ3) is 4.86. The van der Waals surface area contributed by atoms with Crippen LogP contribution >= 0.6 is 23.1 Å². The van der Waals surface area contributed by atoms with Crippen molar-refractivity contribution in [2.24, 2.45) is 5.92 Å². The van der Waals surface area contributed by atoms with Crippen molar-refractivity contribution in [2.45, 2.75) is 44.1 Å². The zero-order valence-corrected chi connectivity index (χ0v) is 19.5. The van der Waals surface area contributed by atoms with Crippen molar-refractivity contribution in [3.8, 4) is 0 Å². The fourth-order valence-corrected chi connectivity index (χ4v) is 6.19. The lowest BCUT2D eigenvalue weighted by Crippen LogP contribution is -2.24. The van der Waals surface area contributed by atoms with Crippen LogP contribution in [0.2, 0.25) is 0 Å². The number of hydrogen-bond donors (Lipinski definition) is 1. The number of carbonyl (C=O) groups is 1. The average molecular weight is 494 g/mol. The molecule has 4 rings (SSSR count). The molecule has 174 valence electrons. The molecule has 1 aliphatic rings. The van der Waals surface area contributed by atoms with E-state index >= 15 is 0 Å². The number of aryl methyl sites for hydroxylation is 1. The molecular formula is C23H22F3N3O2S2. The summed E-state index contributed by atoms with van der Waals surface area (Å²) >= 11 is 2.53. The number of benzene rings is 1. The van der Waals surface area contributed by atoms with E-state index in [0.29, 0.717) is 21.3 Å². The van der Waals surface area contributed by atoms with Gasteiger partial charge in [-0.1, -0.05) is 36.9 Å². The van der Waals surface area contributed by atoms with Crippen molar-refractivity contribution >= 4 is 44.9 Å². The summed E-state index contributed by atoms with van der Waals surface area (Å²) in [5, 5.41) is 3.30. The van der Waals surface area contributed by atoms with Gasteiger partial charge in [-0.15, -0.1) is 17.9 Å². The standard InChI is InChI=1S/C23H22F3N3O2S2/c1-3-10-29-21(31)19-14-9-8-13(2)11-17(14)33-20(19)28-22(29)32-12-18(30)27-16-7-5-4-6-15(16)23(24,25)26/h3-7,13H,1,8-12H2,2H3,(H,27,30). The maximum atomic E-state index is 13.3. The highest BCUT2D eigenvalue weighted by Gasteiger charge is 2.33. The van der Waals surface area contributed by atoms with Crippen molar-refractivity contribution in [1.82, 2.24) is 9.55 Å². The zero-order chi connectivity index (χ0) is 23.8. The van der Waals surface area contributed by atoms with Gasteiger partial charge in [-0.25, -0.2) is 4.98 Å². The lowest BCUT2D eigenvalue weighted by molar-refractivity contribution is -0.137. The van der Waals surface area contributed by atoms with Crippen LogP contribution < -0.4 is 10.9 Å². The molecule has 1 amide bonds. The van der Waals surface area contributed by atoms with Gasteiger partial charge in [0.2, 0.25) is 5.91 Å². The van der Waals surface area contributed by atoms with Crippen molar-refractivity contribution in [1.29, 1.82) is 0 Å². The number of aromatic nitrogens is 2. The Bertz CT molecular complexity index is 1280. The van der Waals surface area contributed by atoms with E-state index in [-0.39, 0.29) is 23.5 Å². The van der Waals surface area contributed by atoms with Crippen LogP contribution in [-0.2, 0) is 30.4 Å². The first-order chi connectivity index (χ1) is 15.7. The van der Waals surface area contributed by atoms with Gasteiger partial charge in [-0.3, -0.25) is 14.2 Å². The van der Waals surface area contributed by atoms with Crippen LogP contribution in [-0.4, -0.2) is 21.2 Å². The smallest absolute Gasteiger partial charge is 0.325 e. The number of nitrogens with zero attached hydrogens (tertiary/aromatic N) is 2. The lowest BCUT2D eigenvalue weighted by Gasteiger charge is -2.17. The maximum absolute atomic E-state index is 13.3. The molecule has 0 spiro atoms. The van der Waals surface area contributed by atoms with Gasteiger partial charge in [0.05, 0.1) is 22.4 Å². The van der Waals surface area contributed by atoms with Crippen molar-refractivity contribution < 1.29 is 18.0 Å². The largest absolute Gasteiger partial charge is 0.418 e. The highest BCUT2D eigenvalue weighted by molar-refractivity contribution is 7.99. The van der Waals surface area contributed by atoms with Crippen LogP contribution in [0.3, 0.4) is 0 Å². The molecule has 1 aromatic carbocycles. The van der Waals surface area contributed by atoms with Crippen LogP contribution in [0.4, 0.5) is 18.9 Å². The van der Waals surface area contributed by atoms with Crippen molar-refractivity contribution in [3.05, 3.63) is 63.3 Å². The summed E-state index contributed by atoms with van der Waals surface area (Å²) in [7, 11) is 0. The molecule has 2 heterocycles. The van der Waals surface area contributed by atoms with Crippen LogP contribution in [0, 0.1) is 5.92 Å². The van der Waals surface area contributed by atoms with E-state index in [1.807, 2.05) is 0 Å². The van der Waals surface area contributed by atoms with E-state index in [0.717, 1.165) is 42.7 Å². The number of hydrogen-bond acceptors (Lipinski definition) is 5. The number of thioether (sulfide) groups is 1. The Kier molecular flexibility index (Phi) is 6.67. The summed E-state index contributed by atoms with van der Waals surface area (Å²) in [5.41, 5.74) is -0.314. The number of amides is 1. The number of carbonyl (C=O) groups excluding carboxylic acids is 1. The second-order valence-corrected chi connectivity index (χ2v) is 10.0. The summed E-state index contributed by atoms with van der Waals surface area (Å²) in [5.74, 6) is -0.253. The molecule has 0 radical (unpaired) electrons. The molecule has 1 N–H and O–H groups in total. The zero-order valence-electron chi connectivity index (χ0n) is 17.9. The van der Waals surface area contributed by atoms with E-state index in [1.165, 1.54) is 39.0 Å². The number of thiophene rings is 1. The van der Waals surface area contributed by atoms with Gasteiger partial charge in [-0.2, -0.15) is 13.2 Å². The van der Waals surface area contributed by atoms with Crippen LogP contribution in [0.25, 0.3) is 10.2 Å². The molecule has 0 saturated heterocycles. The van der Waals surface area contributed by atoms with Crippen LogP contribution in [0.1, 0.15) is 29.3 Å². The number of fused-ring (bicyclic) bond motifs is 3. The number of alkyl halides is 3. The monoisotopic (exact) mass is 493 g/mol. The molecule has 1 unspecified atom stereocenters. The van der Waals surface area contributed by atoms with Crippen molar-refractivity contribution in [2.75, 3.05) is 11.1 Å². The Morgan fingerprint density at radius 2 is 2.15 bits per heavy atom. The third-order valence-corrected chi connectivity index (χ3v) is 7.66. The minimum atomic E-state index is -4.58. The summed E-state index contributed by atoms with van der Waals surface area (Å²) in [6.45, 7) is 6.12. The second-order valence-electron chi connectivity index (χ2n) is 8.01. The Morgan fingerprint density at radius 3 is 2.88 bits per heavy atom. The Morgan fingerprint density at radius 1 is 1.39 bits per heavy atom. The fraction of sp³-hybridized carbons (Fsp3) is 0.348. The lowest BCUT2D eigenvalue weighted by atomic mass is 9.89. The van der Waals surface area contributed by atoms with Gasteiger partial charge >= 0.3 is 6.18 Å². The molecular weight excluding hydrogens is 471 g/mol. The number of para-hydroxylation sites is 1. The van der Waals surface area contributed by atoms with E-state index in [4.69, 9.17) is 0 Å². The van der Waals surface area contributed by atoms with Gasteiger partial charge < -0.3 is 5.32 Å². The van der Waals surface area contributed by atoms with Gasteiger partial charge in [0, 0.05) is 11.4 Å². The molecule has 1 aliphatic carbocycles. The van der Waals surface area contributed by atoms with E-state index in [2.05, 4.69) is 23.8 Å². The van der Waals surface area contributed by atoms with E-state index in [9.17, 15) is 22.8 Å². The molecule has 0 fully saturated rings. The number of nitrogens with one attached hydrogen (secondary N) is 1. The third-order valence-electron chi connectivity index (χ3n) is 5.53. The molecule has 10 heteroatoms. The molecule has 0 saturated carbocycles. The topological polar surface area (TPSA) is 64.0 Å². The first kappa shape index (κ1) is 23.6. The van der Waals surface area contributed by atoms with E-state index < -0.39 is 17.6 Å². The molecule has 0 bridgehead atoms. The van der Waals surface area contributed by atoms with Crippen molar-refractivity contribution in [3.63, 3.8) is 0 Å².